The summed E-state index contributed by atoms with van der Waals surface area (Å²) in [6.07, 6.45) is 9.78. The molecule has 2 aliphatic rings. The van der Waals surface area contributed by atoms with Crippen LogP contribution in [0.3, 0.4) is 0 Å². The molecule has 0 saturated heterocycles. The first-order chi connectivity index (χ1) is 15.3. The highest BCUT2D eigenvalue weighted by Crippen LogP contribution is 2.46. The van der Waals surface area contributed by atoms with Crippen LogP contribution in [0.25, 0.3) is 49.6 Å². The largest absolute Gasteiger partial charge is 0.299 e. The third-order valence-corrected chi connectivity index (χ3v) is 7.16. The maximum Gasteiger partial charge on any atom is 0.145 e. The Bertz CT molecular complexity index is 1740. The molecule has 0 aliphatic heterocycles. The minimum Gasteiger partial charge on any atom is -0.299 e. The Hall–Kier alpha value is -3.98. The number of aromatic nitrogens is 3. The Morgan fingerprint density at radius 2 is 1.42 bits per heavy atom. The average Bonchev–Trinajstić information content (AvgIpc) is 3.51. The van der Waals surface area contributed by atoms with Gasteiger partial charge in [-0.15, -0.1) is 0 Å². The smallest absolute Gasteiger partial charge is 0.145 e. The van der Waals surface area contributed by atoms with Gasteiger partial charge in [-0.25, -0.2) is 4.98 Å². The summed E-state index contributed by atoms with van der Waals surface area (Å²) >= 11 is 0. The summed E-state index contributed by atoms with van der Waals surface area (Å²) in [5.74, 6) is 0. The van der Waals surface area contributed by atoms with Crippen LogP contribution in [0.2, 0.25) is 0 Å². The number of benzene rings is 3. The van der Waals surface area contributed by atoms with Crippen molar-refractivity contribution in [3.8, 4) is 22.3 Å². The second-order valence-corrected chi connectivity index (χ2v) is 8.75. The predicted molar refractivity (Wildman–Crippen MR) is 124 cm³/mol. The van der Waals surface area contributed by atoms with E-state index in [0.717, 1.165) is 24.0 Å². The predicted octanol–water partition coefficient (Wildman–Crippen LogP) is 6.18. The summed E-state index contributed by atoms with van der Waals surface area (Å²) in [7, 11) is 0. The molecule has 0 saturated carbocycles. The highest BCUT2D eigenvalue weighted by atomic mass is 15.0. The van der Waals surface area contributed by atoms with Crippen molar-refractivity contribution in [2.75, 3.05) is 0 Å². The van der Waals surface area contributed by atoms with Crippen LogP contribution < -0.4 is 0 Å². The van der Waals surface area contributed by atoms with Gasteiger partial charge < -0.3 is 0 Å². The van der Waals surface area contributed by atoms with Crippen molar-refractivity contribution < 1.29 is 0 Å². The van der Waals surface area contributed by atoms with Gasteiger partial charge in [-0.3, -0.25) is 9.38 Å². The van der Waals surface area contributed by atoms with Crippen molar-refractivity contribution in [2.24, 2.45) is 0 Å². The van der Waals surface area contributed by atoms with Crippen LogP contribution in [-0.2, 0) is 12.8 Å². The van der Waals surface area contributed by atoms with Crippen LogP contribution in [0.5, 0.6) is 0 Å². The van der Waals surface area contributed by atoms with Gasteiger partial charge in [0.25, 0.3) is 0 Å². The number of pyridine rings is 2. The molecule has 8 rings (SSSR count). The van der Waals surface area contributed by atoms with Gasteiger partial charge in [0.1, 0.15) is 5.65 Å². The van der Waals surface area contributed by atoms with Gasteiger partial charge >= 0.3 is 0 Å². The van der Waals surface area contributed by atoms with E-state index in [-0.39, 0.29) is 0 Å². The first-order valence-electron chi connectivity index (χ1n) is 10.7. The fourth-order valence-corrected chi connectivity index (χ4v) is 5.78. The molecule has 31 heavy (non-hydrogen) atoms. The molecule has 0 radical (unpaired) electrons. The van der Waals surface area contributed by atoms with E-state index >= 15 is 0 Å². The molecule has 0 unspecified atom stereocenters. The molecule has 0 bridgehead atoms. The van der Waals surface area contributed by atoms with Gasteiger partial charge in [0.05, 0.1) is 5.52 Å². The van der Waals surface area contributed by atoms with Gasteiger partial charge in [-0.05, 0) is 93.1 Å². The van der Waals surface area contributed by atoms with E-state index in [1.165, 1.54) is 60.7 Å². The highest BCUT2D eigenvalue weighted by Gasteiger charge is 2.26. The van der Waals surface area contributed by atoms with Crippen molar-refractivity contribution in [1.29, 1.82) is 0 Å². The Kier molecular flexibility index (Phi) is 2.74. The van der Waals surface area contributed by atoms with E-state index in [1.54, 1.807) is 0 Å². The summed E-state index contributed by atoms with van der Waals surface area (Å²) in [6.45, 7) is 0. The maximum atomic E-state index is 4.69. The number of hydrogen-bond donors (Lipinski definition) is 0. The molecule has 6 aromatic rings. The SMILES string of the molecule is c1ccc2c(c1)Cc1cc3c(cc1-2)Cc1cc2c(cc1-3)c1cnccc1n1ccnc21. The molecule has 3 nitrogen and oxygen atoms in total. The van der Waals surface area contributed by atoms with Crippen molar-refractivity contribution in [3.63, 3.8) is 0 Å². The van der Waals surface area contributed by atoms with Gasteiger partial charge in [0, 0.05) is 35.6 Å². The lowest BCUT2D eigenvalue weighted by molar-refractivity contribution is 1.24. The summed E-state index contributed by atoms with van der Waals surface area (Å²) in [5, 5.41) is 3.61. The molecular weight excluding hydrogens is 378 g/mol. The summed E-state index contributed by atoms with van der Waals surface area (Å²) < 4.78 is 2.18. The second-order valence-electron chi connectivity index (χ2n) is 8.75. The Labute approximate surface area is 178 Å². The lowest BCUT2D eigenvalue weighted by Crippen LogP contribution is -1.92. The minimum absolute atomic E-state index is 0.980. The van der Waals surface area contributed by atoms with E-state index in [9.17, 15) is 0 Å². The summed E-state index contributed by atoms with van der Waals surface area (Å²) in [5.41, 5.74) is 13.5. The Morgan fingerprint density at radius 1 is 0.645 bits per heavy atom. The van der Waals surface area contributed by atoms with Crippen LogP contribution in [0, 0.1) is 0 Å². The molecule has 0 spiro atoms. The molecule has 3 aromatic carbocycles. The maximum absolute atomic E-state index is 4.69. The fraction of sp³-hybridized carbons (Fsp3) is 0.0714. The number of rotatable bonds is 0. The molecular formula is C28H17N3. The van der Waals surface area contributed by atoms with Crippen LogP contribution in [0.1, 0.15) is 22.3 Å². The summed E-state index contributed by atoms with van der Waals surface area (Å²) in [4.78, 5) is 9.12. The van der Waals surface area contributed by atoms with Crippen molar-refractivity contribution in [1.82, 2.24) is 14.4 Å². The molecule has 144 valence electrons. The molecule has 3 heterocycles. The van der Waals surface area contributed by atoms with E-state index in [2.05, 4.69) is 69.0 Å². The van der Waals surface area contributed by atoms with Gasteiger partial charge in [-0.2, -0.15) is 0 Å². The van der Waals surface area contributed by atoms with Crippen molar-refractivity contribution in [2.45, 2.75) is 12.8 Å². The lowest BCUT2D eigenvalue weighted by atomic mass is 9.96. The molecule has 0 atom stereocenters. The second kappa shape index (κ2) is 5.38. The van der Waals surface area contributed by atoms with Crippen LogP contribution in [0.4, 0.5) is 0 Å². The topological polar surface area (TPSA) is 30.2 Å². The van der Waals surface area contributed by atoms with E-state index < -0.39 is 0 Å². The summed E-state index contributed by atoms with van der Waals surface area (Å²) in [6, 6.07) is 20.5. The molecule has 2 aliphatic carbocycles. The third-order valence-electron chi connectivity index (χ3n) is 7.16. The zero-order valence-electron chi connectivity index (χ0n) is 16.8. The normalized spacial score (nSPS) is 13.5. The van der Waals surface area contributed by atoms with E-state index in [4.69, 9.17) is 0 Å². The number of imidazole rings is 1. The Balaban J connectivity index is 1.43. The van der Waals surface area contributed by atoms with Gasteiger partial charge in [0.2, 0.25) is 0 Å². The first-order valence-corrected chi connectivity index (χ1v) is 10.7. The fourth-order valence-electron chi connectivity index (χ4n) is 5.78. The molecule has 0 fully saturated rings. The first kappa shape index (κ1) is 15.8. The lowest BCUT2D eigenvalue weighted by Gasteiger charge is -2.11. The average molecular weight is 395 g/mol. The van der Waals surface area contributed by atoms with Gasteiger partial charge in [-0.1, -0.05) is 24.3 Å². The molecule has 0 amide bonds. The number of nitrogens with zero attached hydrogens (tertiary/aromatic N) is 3. The Morgan fingerprint density at radius 3 is 2.35 bits per heavy atom. The van der Waals surface area contributed by atoms with E-state index in [0.29, 0.717) is 0 Å². The highest BCUT2D eigenvalue weighted by molar-refractivity contribution is 6.13. The zero-order chi connectivity index (χ0) is 20.1. The third kappa shape index (κ3) is 1.94. The zero-order valence-corrected chi connectivity index (χ0v) is 16.8. The molecule has 3 aromatic heterocycles. The number of fused-ring (bicyclic) bond motifs is 12. The quantitative estimate of drug-likeness (QED) is 0.287. The van der Waals surface area contributed by atoms with E-state index in [1.807, 2.05) is 24.8 Å². The van der Waals surface area contributed by atoms with Crippen molar-refractivity contribution >= 4 is 27.3 Å². The van der Waals surface area contributed by atoms with Crippen LogP contribution in [-0.4, -0.2) is 14.4 Å². The number of hydrogen-bond acceptors (Lipinski definition) is 2. The monoisotopic (exact) mass is 395 g/mol. The minimum atomic E-state index is 0.980. The standard InChI is InChI=1S/C28H17N3/c1-2-4-20-16(3-1)9-17-12-22-18(11-21(17)20)10-19-13-25-24(14-23(19)22)26-15-29-6-5-27(26)31-8-7-30-28(25)31/h1-8,11-15H,9-10H2. The molecule has 3 heteroatoms. The van der Waals surface area contributed by atoms with Gasteiger partial charge in [0.15, 0.2) is 0 Å². The van der Waals surface area contributed by atoms with Crippen LogP contribution >= 0.6 is 0 Å². The van der Waals surface area contributed by atoms with Crippen molar-refractivity contribution in [3.05, 3.63) is 102 Å². The van der Waals surface area contributed by atoms with Crippen LogP contribution in [0.15, 0.2) is 79.4 Å². The molecule has 0 N–H and O–H groups in total.